The van der Waals surface area contributed by atoms with E-state index in [0.717, 1.165) is 12.8 Å². The van der Waals surface area contributed by atoms with Crippen LogP contribution in [0.1, 0.15) is 53.4 Å². The molecule has 0 aromatic heterocycles. The zero-order valence-electron chi connectivity index (χ0n) is 17.2. The highest BCUT2D eigenvalue weighted by atomic mass is 32.2. The number of rotatable bonds is 8. The van der Waals surface area contributed by atoms with E-state index >= 15 is 0 Å². The van der Waals surface area contributed by atoms with E-state index in [-0.39, 0.29) is 11.3 Å². The summed E-state index contributed by atoms with van der Waals surface area (Å²) in [5.41, 5.74) is -1.06. The van der Waals surface area contributed by atoms with Crippen molar-refractivity contribution in [2.24, 2.45) is 11.8 Å². The van der Waals surface area contributed by atoms with E-state index in [4.69, 9.17) is 9.47 Å². The minimum Gasteiger partial charge on any atom is -0.469 e. The summed E-state index contributed by atoms with van der Waals surface area (Å²) >= 11 is 0. The van der Waals surface area contributed by atoms with Gasteiger partial charge in [-0.2, -0.15) is 0 Å². The van der Waals surface area contributed by atoms with Gasteiger partial charge in [-0.05, 0) is 44.7 Å². The number of carbonyl (C=O) groups is 2. The van der Waals surface area contributed by atoms with Gasteiger partial charge < -0.3 is 9.47 Å². The van der Waals surface area contributed by atoms with Gasteiger partial charge in [-0.1, -0.05) is 38.5 Å². The molecule has 0 saturated carbocycles. The Hall–Kier alpha value is -1.89. The maximum Gasteiger partial charge on any atom is 0.328 e. The van der Waals surface area contributed by atoms with Crippen molar-refractivity contribution in [1.82, 2.24) is 0 Å². The lowest BCUT2D eigenvalue weighted by atomic mass is 9.77. The molecule has 1 saturated heterocycles. The maximum absolute atomic E-state index is 13.5. The van der Waals surface area contributed by atoms with Crippen LogP contribution in [0.15, 0.2) is 35.2 Å². The predicted molar refractivity (Wildman–Crippen MR) is 105 cm³/mol. The molecular formula is C21H30O6S. The number of benzene rings is 1. The molecule has 1 fully saturated rings. The van der Waals surface area contributed by atoms with Crippen molar-refractivity contribution in [2.75, 3.05) is 7.11 Å². The fraction of sp³-hybridized carbons (Fsp3) is 0.619. The number of carbonyl (C=O) groups excluding carboxylic acids is 2. The number of cyclic esters (lactones) is 1. The average molecular weight is 411 g/mol. The first kappa shape index (κ1) is 22.4. The molecule has 2 rings (SSSR count). The Kier molecular flexibility index (Phi) is 6.58. The Morgan fingerprint density at radius 1 is 1.21 bits per heavy atom. The number of sulfone groups is 1. The van der Waals surface area contributed by atoms with E-state index in [1.54, 1.807) is 25.1 Å². The van der Waals surface area contributed by atoms with E-state index in [1.165, 1.54) is 26.2 Å². The quantitative estimate of drug-likeness (QED) is 0.609. The highest BCUT2D eigenvalue weighted by Crippen LogP contribution is 2.50. The Morgan fingerprint density at radius 3 is 2.36 bits per heavy atom. The molecule has 0 N–H and O–H groups in total. The molecule has 28 heavy (non-hydrogen) atoms. The van der Waals surface area contributed by atoms with Crippen LogP contribution in [0.4, 0.5) is 0 Å². The van der Waals surface area contributed by atoms with Gasteiger partial charge in [-0.15, -0.1) is 0 Å². The Labute approximate surface area is 167 Å². The van der Waals surface area contributed by atoms with Crippen molar-refractivity contribution in [1.29, 1.82) is 0 Å². The second-order valence-electron chi connectivity index (χ2n) is 8.24. The van der Waals surface area contributed by atoms with Crippen molar-refractivity contribution >= 4 is 21.8 Å². The van der Waals surface area contributed by atoms with Crippen LogP contribution in [-0.4, -0.2) is 37.8 Å². The van der Waals surface area contributed by atoms with Gasteiger partial charge in [0.25, 0.3) is 0 Å². The van der Waals surface area contributed by atoms with Crippen molar-refractivity contribution in [3.8, 4) is 0 Å². The molecule has 1 heterocycles. The van der Waals surface area contributed by atoms with Crippen LogP contribution in [0.25, 0.3) is 0 Å². The summed E-state index contributed by atoms with van der Waals surface area (Å²) in [5, 5.41) is 0. The lowest BCUT2D eigenvalue weighted by Gasteiger charge is -2.34. The second-order valence-corrected chi connectivity index (χ2v) is 10.6. The first-order valence-electron chi connectivity index (χ1n) is 9.59. The number of esters is 2. The maximum atomic E-state index is 13.5. The first-order chi connectivity index (χ1) is 13.0. The summed E-state index contributed by atoms with van der Waals surface area (Å²) in [4.78, 5) is 25.1. The lowest BCUT2D eigenvalue weighted by molar-refractivity contribution is -0.151. The minimum absolute atomic E-state index is 0.0377. The molecule has 156 valence electrons. The third kappa shape index (κ3) is 3.95. The Bertz CT molecular complexity index is 817. The molecule has 1 aromatic rings. The highest BCUT2D eigenvalue weighted by Gasteiger charge is 2.67. The van der Waals surface area contributed by atoms with Crippen LogP contribution in [-0.2, 0) is 28.9 Å². The van der Waals surface area contributed by atoms with Crippen molar-refractivity contribution in [3.63, 3.8) is 0 Å². The van der Waals surface area contributed by atoms with E-state index in [2.05, 4.69) is 13.8 Å². The molecule has 6 nitrogen and oxygen atoms in total. The van der Waals surface area contributed by atoms with Crippen molar-refractivity contribution in [2.45, 2.75) is 68.6 Å². The van der Waals surface area contributed by atoms with Gasteiger partial charge in [0, 0.05) is 5.92 Å². The smallest absolute Gasteiger partial charge is 0.328 e. The lowest BCUT2D eigenvalue weighted by Crippen LogP contribution is -2.49. The first-order valence-corrected chi connectivity index (χ1v) is 11.1. The van der Waals surface area contributed by atoms with Crippen LogP contribution >= 0.6 is 0 Å². The highest BCUT2D eigenvalue weighted by molar-refractivity contribution is 7.93. The Balaban J connectivity index is 2.51. The van der Waals surface area contributed by atoms with Gasteiger partial charge in [0.15, 0.2) is 14.6 Å². The summed E-state index contributed by atoms with van der Waals surface area (Å²) < 4.78 is 35.5. The van der Waals surface area contributed by atoms with Gasteiger partial charge in [-0.3, -0.25) is 9.59 Å². The molecule has 0 spiro atoms. The largest absolute Gasteiger partial charge is 0.469 e. The molecule has 0 bridgehead atoms. The summed E-state index contributed by atoms with van der Waals surface area (Å²) in [6, 6.07) is 7.83. The summed E-state index contributed by atoms with van der Waals surface area (Å²) in [6.07, 6.45) is 1.96. The second kappa shape index (κ2) is 8.23. The number of hydrogen-bond donors (Lipinski definition) is 0. The molecule has 1 aromatic carbocycles. The van der Waals surface area contributed by atoms with Crippen LogP contribution in [0.5, 0.6) is 0 Å². The van der Waals surface area contributed by atoms with Gasteiger partial charge in [0.1, 0.15) is 5.60 Å². The predicted octanol–water partition coefficient (Wildman–Crippen LogP) is 3.54. The molecule has 7 heteroatoms. The number of ether oxygens (including phenoxy) is 2. The number of hydrogen-bond acceptors (Lipinski definition) is 6. The average Bonchev–Trinajstić information content (AvgIpc) is 2.83. The minimum atomic E-state index is -4.09. The molecule has 0 radical (unpaired) electrons. The third-order valence-corrected chi connectivity index (χ3v) is 8.26. The topological polar surface area (TPSA) is 86.7 Å². The van der Waals surface area contributed by atoms with E-state index < -0.39 is 38.0 Å². The van der Waals surface area contributed by atoms with Crippen molar-refractivity contribution < 1.29 is 27.5 Å². The van der Waals surface area contributed by atoms with Gasteiger partial charge >= 0.3 is 11.9 Å². The SMILES string of the molecule is COC(=O)C[C@@H]1[C@@](C)(S(=O)(=O)c2ccccc2)C(=O)O[C@@]1(C)CCCC(C)C. The van der Waals surface area contributed by atoms with E-state index in [0.29, 0.717) is 12.3 Å². The molecule has 0 aliphatic carbocycles. The molecule has 0 unspecified atom stereocenters. The van der Waals surface area contributed by atoms with E-state index in [9.17, 15) is 18.0 Å². The summed E-state index contributed by atoms with van der Waals surface area (Å²) in [6.45, 7) is 7.29. The zero-order chi connectivity index (χ0) is 21.2. The normalized spacial score (nSPS) is 27.6. The molecular weight excluding hydrogens is 380 g/mol. The van der Waals surface area contributed by atoms with Crippen LogP contribution < -0.4 is 0 Å². The standard InChI is InChI=1S/C21H30O6S/c1-15(2)10-9-13-20(3)17(14-18(22)26-5)21(4,19(23)27-20)28(24,25)16-11-7-6-8-12-16/h6-8,11-12,15,17H,9-10,13-14H2,1-5H3/t17-,20-,21+/m0/s1. The summed E-state index contributed by atoms with van der Waals surface area (Å²) in [7, 11) is -2.84. The fourth-order valence-corrected chi connectivity index (χ4v) is 5.97. The zero-order valence-corrected chi connectivity index (χ0v) is 18.0. The number of methoxy groups -OCH3 is 1. The summed E-state index contributed by atoms with van der Waals surface area (Å²) in [5.74, 6) is -1.75. The fourth-order valence-electron chi connectivity index (χ4n) is 4.00. The molecule has 0 amide bonds. The Morgan fingerprint density at radius 2 is 1.82 bits per heavy atom. The molecule has 3 atom stereocenters. The molecule has 1 aliphatic rings. The van der Waals surface area contributed by atoms with Crippen LogP contribution in [0.3, 0.4) is 0 Å². The van der Waals surface area contributed by atoms with Crippen molar-refractivity contribution in [3.05, 3.63) is 30.3 Å². The molecule has 1 aliphatic heterocycles. The van der Waals surface area contributed by atoms with Gasteiger partial charge in [0.05, 0.1) is 18.4 Å². The monoisotopic (exact) mass is 410 g/mol. The van der Waals surface area contributed by atoms with Gasteiger partial charge in [-0.25, -0.2) is 8.42 Å². The van der Waals surface area contributed by atoms with Crippen LogP contribution in [0.2, 0.25) is 0 Å². The van der Waals surface area contributed by atoms with Crippen LogP contribution in [0, 0.1) is 11.8 Å². The van der Waals surface area contributed by atoms with E-state index in [1.807, 2.05) is 0 Å². The third-order valence-electron chi connectivity index (χ3n) is 5.80. The van der Waals surface area contributed by atoms with Gasteiger partial charge in [0.2, 0.25) is 0 Å².